The van der Waals surface area contributed by atoms with Crippen LogP contribution in [0.5, 0.6) is 5.75 Å². The molecule has 3 heterocycles. The SMILES string of the molecule is CC(=O)N(C)C1CCC(N(C[C@@H](O)CN2CCc3c(ccc(OCc4cnco4)c3C)C2)c2cc(C(N)=O)ncn2)CC1. The molecule has 1 fully saturated rings. The number of primary amides is 1. The molecule has 5 rings (SSSR count). The van der Waals surface area contributed by atoms with Gasteiger partial charge in [0.2, 0.25) is 5.91 Å². The van der Waals surface area contributed by atoms with Crippen molar-refractivity contribution in [3.63, 3.8) is 0 Å². The molecule has 2 aliphatic rings. The topological polar surface area (TPSA) is 151 Å². The van der Waals surface area contributed by atoms with E-state index in [1.807, 2.05) is 18.0 Å². The first-order valence-corrected chi connectivity index (χ1v) is 14.8. The maximum absolute atomic E-state index is 11.9. The highest BCUT2D eigenvalue weighted by Crippen LogP contribution is 2.31. The summed E-state index contributed by atoms with van der Waals surface area (Å²) < 4.78 is 11.3. The van der Waals surface area contributed by atoms with Crippen LogP contribution in [0.15, 0.2) is 41.5 Å². The maximum Gasteiger partial charge on any atom is 0.267 e. The molecule has 43 heavy (non-hydrogen) atoms. The van der Waals surface area contributed by atoms with E-state index in [-0.39, 0.29) is 23.7 Å². The zero-order valence-electron chi connectivity index (χ0n) is 25.1. The number of carbonyl (C=O) groups is 2. The van der Waals surface area contributed by atoms with Crippen LogP contribution in [0.1, 0.15) is 65.5 Å². The highest BCUT2D eigenvalue weighted by atomic mass is 16.5. The van der Waals surface area contributed by atoms with Crippen LogP contribution in [0.25, 0.3) is 0 Å². The Balaban J connectivity index is 1.24. The van der Waals surface area contributed by atoms with Gasteiger partial charge in [-0.3, -0.25) is 14.5 Å². The van der Waals surface area contributed by atoms with Gasteiger partial charge in [0, 0.05) is 58.3 Å². The quantitative estimate of drug-likeness (QED) is 0.340. The molecule has 230 valence electrons. The van der Waals surface area contributed by atoms with Gasteiger partial charge in [-0.2, -0.15) is 0 Å². The number of fused-ring (bicyclic) bond motifs is 1. The molecule has 1 aromatic carbocycles. The van der Waals surface area contributed by atoms with Crippen LogP contribution in [-0.2, 0) is 24.4 Å². The van der Waals surface area contributed by atoms with Crippen molar-refractivity contribution in [1.82, 2.24) is 24.8 Å². The Morgan fingerprint density at radius 2 is 1.98 bits per heavy atom. The fourth-order valence-corrected chi connectivity index (χ4v) is 6.32. The summed E-state index contributed by atoms with van der Waals surface area (Å²) in [6.45, 7) is 6.40. The Morgan fingerprint density at radius 3 is 2.67 bits per heavy atom. The Kier molecular flexibility index (Phi) is 9.56. The van der Waals surface area contributed by atoms with Gasteiger partial charge in [-0.25, -0.2) is 15.0 Å². The number of aliphatic hydroxyl groups excluding tert-OH is 1. The zero-order chi connectivity index (χ0) is 30.5. The minimum atomic E-state index is -0.656. The van der Waals surface area contributed by atoms with Gasteiger partial charge in [0.05, 0.1) is 12.3 Å². The van der Waals surface area contributed by atoms with Crippen LogP contribution < -0.4 is 15.4 Å². The molecule has 0 saturated heterocycles. The Labute approximate surface area is 251 Å². The predicted molar refractivity (Wildman–Crippen MR) is 159 cm³/mol. The summed E-state index contributed by atoms with van der Waals surface area (Å²) in [7, 11) is 1.85. The normalized spacial score (nSPS) is 19.3. The first-order chi connectivity index (χ1) is 20.7. The molecule has 2 aromatic heterocycles. The van der Waals surface area contributed by atoms with E-state index in [4.69, 9.17) is 14.9 Å². The highest BCUT2D eigenvalue weighted by Gasteiger charge is 2.31. The van der Waals surface area contributed by atoms with Crippen molar-refractivity contribution in [2.24, 2.45) is 5.73 Å². The third kappa shape index (κ3) is 7.31. The fraction of sp³-hybridized carbons (Fsp3) is 0.516. The molecule has 0 spiro atoms. The van der Waals surface area contributed by atoms with Crippen LogP contribution in [0, 0.1) is 6.92 Å². The first-order valence-electron chi connectivity index (χ1n) is 14.8. The second-order valence-corrected chi connectivity index (χ2v) is 11.6. The van der Waals surface area contributed by atoms with Gasteiger partial charge in [-0.1, -0.05) is 6.07 Å². The lowest BCUT2D eigenvalue weighted by Crippen LogP contribution is -2.49. The molecule has 1 saturated carbocycles. The molecule has 0 radical (unpaired) electrons. The molecule has 1 aliphatic heterocycles. The Hall–Kier alpha value is -4.03. The first kappa shape index (κ1) is 30.4. The second-order valence-electron chi connectivity index (χ2n) is 11.6. The zero-order valence-corrected chi connectivity index (χ0v) is 25.1. The number of aliphatic hydroxyl groups is 1. The van der Waals surface area contributed by atoms with Crippen molar-refractivity contribution in [2.45, 2.75) is 77.3 Å². The average molecular weight is 592 g/mol. The molecule has 3 aromatic rings. The summed E-state index contributed by atoms with van der Waals surface area (Å²) in [6.07, 6.45) is 7.97. The smallest absolute Gasteiger partial charge is 0.267 e. The molecule has 1 aliphatic carbocycles. The number of amides is 2. The van der Waals surface area contributed by atoms with Crippen LogP contribution in [-0.4, -0.2) is 86.5 Å². The number of nitrogens with zero attached hydrogens (tertiary/aromatic N) is 6. The number of oxazole rings is 1. The van der Waals surface area contributed by atoms with Gasteiger partial charge in [-0.15, -0.1) is 0 Å². The summed E-state index contributed by atoms with van der Waals surface area (Å²) in [5, 5.41) is 11.4. The van der Waals surface area contributed by atoms with Crippen LogP contribution >= 0.6 is 0 Å². The number of hydrogen-bond donors (Lipinski definition) is 2. The number of anilines is 1. The van der Waals surface area contributed by atoms with Crippen molar-refractivity contribution < 1.29 is 23.8 Å². The summed E-state index contributed by atoms with van der Waals surface area (Å²) in [5.41, 5.74) is 9.29. The van der Waals surface area contributed by atoms with Crippen molar-refractivity contribution in [2.75, 3.05) is 31.6 Å². The number of rotatable bonds is 11. The highest BCUT2D eigenvalue weighted by molar-refractivity contribution is 5.91. The lowest BCUT2D eigenvalue weighted by molar-refractivity contribution is -0.130. The van der Waals surface area contributed by atoms with E-state index in [1.165, 1.54) is 23.8 Å². The molecule has 3 N–H and O–H groups in total. The fourth-order valence-electron chi connectivity index (χ4n) is 6.32. The number of benzene rings is 1. The van der Waals surface area contributed by atoms with Crippen LogP contribution in [0.4, 0.5) is 5.82 Å². The van der Waals surface area contributed by atoms with E-state index in [9.17, 15) is 14.7 Å². The molecule has 0 unspecified atom stereocenters. The molecule has 12 heteroatoms. The number of ether oxygens (including phenoxy) is 1. The number of nitrogens with two attached hydrogens (primary N) is 1. The van der Waals surface area contributed by atoms with Crippen molar-refractivity contribution in [3.8, 4) is 5.75 Å². The van der Waals surface area contributed by atoms with Gasteiger partial charge < -0.3 is 29.8 Å². The average Bonchev–Trinajstić information content (AvgIpc) is 3.53. The number of β-amino-alcohol motifs (C(OH)–C–C–N with tert-alkyl or cyclic N) is 1. The van der Waals surface area contributed by atoms with Gasteiger partial charge in [0.1, 0.15) is 30.2 Å². The third-order valence-electron chi connectivity index (χ3n) is 8.80. The third-order valence-corrected chi connectivity index (χ3v) is 8.80. The van der Waals surface area contributed by atoms with Crippen molar-refractivity contribution >= 4 is 17.6 Å². The van der Waals surface area contributed by atoms with Gasteiger partial charge in [0.25, 0.3) is 5.91 Å². The predicted octanol–water partition coefficient (Wildman–Crippen LogP) is 2.47. The molecular weight excluding hydrogens is 550 g/mol. The Bertz CT molecular complexity index is 1410. The summed E-state index contributed by atoms with van der Waals surface area (Å²) in [4.78, 5) is 42.3. The minimum absolute atomic E-state index is 0.0612. The molecule has 1 atom stereocenters. The number of hydrogen-bond acceptors (Lipinski definition) is 10. The summed E-state index contributed by atoms with van der Waals surface area (Å²) in [5.74, 6) is 1.53. The van der Waals surface area contributed by atoms with Crippen LogP contribution in [0.3, 0.4) is 0 Å². The van der Waals surface area contributed by atoms with E-state index in [0.29, 0.717) is 31.3 Å². The molecule has 0 bridgehead atoms. The van der Waals surface area contributed by atoms with Gasteiger partial charge in [0.15, 0.2) is 12.2 Å². The largest absolute Gasteiger partial charge is 0.485 e. The van der Waals surface area contributed by atoms with E-state index in [1.54, 1.807) is 19.2 Å². The van der Waals surface area contributed by atoms with E-state index < -0.39 is 12.0 Å². The monoisotopic (exact) mass is 591 g/mol. The molecule has 2 amide bonds. The second kappa shape index (κ2) is 13.5. The van der Waals surface area contributed by atoms with Crippen molar-refractivity contribution in [3.05, 3.63) is 65.3 Å². The maximum atomic E-state index is 11.9. The van der Waals surface area contributed by atoms with Crippen LogP contribution in [0.2, 0.25) is 0 Å². The molecule has 12 nitrogen and oxygen atoms in total. The molecular formula is C31H41N7O5. The summed E-state index contributed by atoms with van der Waals surface area (Å²) in [6, 6.07) is 5.99. The standard InChI is InChI=1S/C31H41N7O5/c1-20-27-10-11-37(14-22(27)4-9-29(20)42-17-26-13-33-19-43-26)15-25(40)16-38(30-12-28(31(32)41)34-18-35-30)24-7-5-23(6-8-24)36(3)21(2)39/h4,9,12-13,18-19,23-25,40H,5-8,10-11,14-17H2,1-3H3,(H2,32,41)/t23?,24?,25-/m0/s1. The van der Waals surface area contributed by atoms with Crippen molar-refractivity contribution in [1.29, 1.82) is 0 Å². The number of aromatic nitrogens is 3. The van der Waals surface area contributed by atoms with E-state index >= 15 is 0 Å². The lowest BCUT2D eigenvalue weighted by atomic mass is 9.89. The van der Waals surface area contributed by atoms with E-state index in [2.05, 4.69) is 37.7 Å². The Morgan fingerprint density at radius 1 is 1.21 bits per heavy atom. The number of carbonyl (C=O) groups excluding carboxylic acids is 2. The summed E-state index contributed by atoms with van der Waals surface area (Å²) >= 11 is 0. The lowest BCUT2D eigenvalue weighted by Gasteiger charge is -2.41. The minimum Gasteiger partial charge on any atom is -0.485 e. The van der Waals surface area contributed by atoms with Gasteiger partial charge >= 0.3 is 0 Å². The van der Waals surface area contributed by atoms with E-state index in [0.717, 1.165) is 56.5 Å². The van der Waals surface area contributed by atoms with Gasteiger partial charge in [-0.05, 0) is 61.8 Å².